The molecule has 1 unspecified atom stereocenters. The molecule has 0 spiro atoms. The largest absolute Gasteiger partial charge is 0.479 e. The van der Waals surface area contributed by atoms with Crippen LogP contribution in [0.25, 0.3) is 0 Å². The van der Waals surface area contributed by atoms with E-state index in [1.807, 2.05) is 0 Å². The van der Waals surface area contributed by atoms with Crippen molar-refractivity contribution in [1.82, 2.24) is 5.01 Å². The fraction of sp³-hybridized carbons (Fsp3) is 0.867. The van der Waals surface area contributed by atoms with Gasteiger partial charge in [0.2, 0.25) is 5.96 Å². The Labute approximate surface area is 134 Å². The van der Waals surface area contributed by atoms with Crippen LogP contribution in [0.15, 0.2) is 0 Å². The summed E-state index contributed by atoms with van der Waals surface area (Å²) in [7, 11) is 0. The maximum absolute atomic E-state index is 9.45. The van der Waals surface area contributed by atoms with Gasteiger partial charge in [0, 0.05) is 6.54 Å². The van der Waals surface area contributed by atoms with Crippen LogP contribution in [0.3, 0.4) is 0 Å². The van der Waals surface area contributed by atoms with Gasteiger partial charge in [0.25, 0.3) is 0 Å². The first kappa shape index (κ1) is 22.9. The topological polar surface area (TPSA) is 137 Å². The number of carboxylic acids is 1. The number of carboxylic acid groups (broad SMARTS) is 1. The van der Waals surface area contributed by atoms with E-state index in [-0.39, 0.29) is 5.96 Å². The number of aliphatic carboxylic acids is 1. The average Bonchev–Trinajstić information content (AvgIpc) is 2.45. The summed E-state index contributed by atoms with van der Waals surface area (Å²) in [5.74, 6) is 4.27. The number of aliphatic hydroxyl groups is 1. The lowest BCUT2D eigenvalue weighted by Crippen LogP contribution is -2.42. The zero-order valence-electron chi connectivity index (χ0n) is 14.1. The molecule has 0 aliphatic heterocycles. The minimum Gasteiger partial charge on any atom is -0.479 e. The van der Waals surface area contributed by atoms with Crippen LogP contribution in [0.5, 0.6) is 0 Å². The summed E-state index contributed by atoms with van der Waals surface area (Å²) in [5, 5.41) is 24.2. The molecule has 0 aromatic rings. The summed E-state index contributed by atoms with van der Waals surface area (Å²) in [5.41, 5.74) is 5.23. The summed E-state index contributed by atoms with van der Waals surface area (Å²) < 4.78 is 0. The number of nitrogens with zero attached hydrogens (tertiary/aromatic N) is 1. The van der Waals surface area contributed by atoms with Crippen molar-refractivity contribution in [2.24, 2.45) is 11.6 Å². The van der Waals surface area contributed by atoms with Gasteiger partial charge in [-0.3, -0.25) is 10.4 Å². The number of guanidine groups is 1. The molecule has 0 aliphatic carbocycles. The number of rotatable bonds is 11. The number of nitrogens with one attached hydrogen (secondary N) is 1. The van der Waals surface area contributed by atoms with E-state index in [2.05, 4.69) is 6.92 Å². The molecule has 0 aromatic heterocycles. The normalized spacial score (nSPS) is 11.3. The van der Waals surface area contributed by atoms with Gasteiger partial charge in [-0.05, 0) is 13.3 Å². The van der Waals surface area contributed by atoms with Crippen LogP contribution in [0.1, 0.15) is 71.6 Å². The molecule has 0 saturated heterocycles. The number of nitrogens with two attached hydrogens (primary N) is 2. The van der Waals surface area contributed by atoms with E-state index >= 15 is 0 Å². The van der Waals surface area contributed by atoms with E-state index < -0.39 is 12.1 Å². The van der Waals surface area contributed by atoms with E-state index in [1.165, 1.54) is 63.3 Å². The summed E-state index contributed by atoms with van der Waals surface area (Å²) in [6.07, 6.45) is 10.4. The third-order valence-electron chi connectivity index (χ3n) is 3.17. The van der Waals surface area contributed by atoms with Crippen LogP contribution in [0.2, 0.25) is 0 Å². The molecule has 0 amide bonds. The highest BCUT2D eigenvalue weighted by Gasteiger charge is 2.01. The Morgan fingerprint density at radius 3 is 1.77 bits per heavy atom. The van der Waals surface area contributed by atoms with Crippen molar-refractivity contribution in [3.05, 3.63) is 0 Å². The van der Waals surface area contributed by atoms with Crippen molar-refractivity contribution in [2.45, 2.75) is 77.7 Å². The van der Waals surface area contributed by atoms with Crippen molar-refractivity contribution < 1.29 is 15.0 Å². The van der Waals surface area contributed by atoms with Crippen molar-refractivity contribution in [1.29, 1.82) is 5.41 Å². The number of unbranched alkanes of at least 4 members (excludes halogenated alkanes) is 8. The van der Waals surface area contributed by atoms with Gasteiger partial charge in [-0.15, -0.1) is 0 Å². The molecule has 0 heterocycles. The van der Waals surface area contributed by atoms with Crippen molar-refractivity contribution in [2.75, 3.05) is 6.54 Å². The fourth-order valence-corrected chi connectivity index (χ4v) is 1.71. The Kier molecular flexibility index (Phi) is 16.7. The van der Waals surface area contributed by atoms with Gasteiger partial charge in [0.1, 0.15) is 6.10 Å². The van der Waals surface area contributed by atoms with E-state index in [9.17, 15) is 4.79 Å². The molecule has 7 N–H and O–H groups in total. The first-order valence-corrected chi connectivity index (χ1v) is 8.10. The van der Waals surface area contributed by atoms with Gasteiger partial charge in [-0.1, -0.05) is 58.3 Å². The Morgan fingerprint density at radius 2 is 1.45 bits per heavy atom. The lowest BCUT2D eigenvalue weighted by molar-refractivity contribution is -0.145. The second-order valence-corrected chi connectivity index (χ2v) is 5.42. The Bertz CT molecular complexity index is 286. The zero-order chi connectivity index (χ0) is 17.4. The SMILES string of the molecule is CC(O)C(=O)O.CCCCCCCCCCCN(N)C(=N)N. The third kappa shape index (κ3) is 18.7. The molecule has 7 heteroatoms. The molecule has 22 heavy (non-hydrogen) atoms. The highest BCUT2D eigenvalue weighted by Crippen LogP contribution is 2.09. The van der Waals surface area contributed by atoms with Crippen molar-refractivity contribution >= 4 is 11.9 Å². The minimum absolute atomic E-state index is 0.0421. The van der Waals surface area contributed by atoms with Crippen molar-refractivity contribution in [3.63, 3.8) is 0 Å². The molecule has 0 saturated carbocycles. The standard InChI is InChI=1S/C12H28N4.C3H6O3/c1-2-3-4-5-6-7-8-9-10-11-16(15)12(13)14;1-2(4)3(5)6/h2-11,15H2,1H3,(H3,13,14);2,4H,1H3,(H,5,6). The number of hydrazine groups is 1. The predicted molar refractivity (Wildman–Crippen MR) is 89.4 cm³/mol. The van der Waals surface area contributed by atoms with Crippen LogP contribution in [0.4, 0.5) is 0 Å². The van der Waals surface area contributed by atoms with Crippen LogP contribution in [-0.4, -0.2) is 39.8 Å². The molecular formula is C15H34N4O3. The highest BCUT2D eigenvalue weighted by atomic mass is 16.4. The summed E-state index contributed by atoms with van der Waals surface area (Å²) >= 11 is 0. The van der Waals surface area contributed by atoms with Gasteiger partial charge in [0.05, 0.1) is 0 Å². The van der Waals surface area contributed by atoms with E-state index in [0.717, 1.165) is 6.42 Å². The van der Waals surface area contributed by atoms with E-state index in [0.29, 0.717) is 6.54 Å². The summed E-state index contributed by atoms with van der Waals surface area (Å²) in [6, 6.07) is 0. The average molecular weight is 318 g/mol. The smallest absolute Gasteiger partial charge is 0.332 e. The Hall–Kier alpha value is -1.34. The fourth-order valence-electron chi connectivity index (χ4n) is 1.71. The molecular weight excluding hydrogens is 284 g/mol. The van der Waals surface area contributed by atoms with Gasteiger partial charge in [-0.2, -0.15) is 0 Å². The molecule has 0 fully saturated rings. The van der Waals surface area contributed by atoms with Gasteiger partial charge in [0.15, 0.2) is 0 Å². The zero-order valence-corrected chi connectivity index (χ0v) is 14.1. The lowest BCUT2D eigenvalue weighted by Gasteiger charge is -2.15. The maximum Gasteiger partial charge on any atom is 0.332 e. The maximum atomic E-state index is 9.45. The quantitative estimate of drug-likeness (QED) is 0.130. The second kappa shape index (κ2) is 16.0. The number of hydrogen-bond acceptors (Lipinski definition) is 4. The Balaban J connectivity index is 0. The molecule has 0 aromatic carbocycles. The first-order chi connectivity index (χ1) is 10.3. The van der Waals surface area contributed by atoms with Crippen molar-refractivity contribution in [3.8, 4) is 0 Å². The van der Waals surface area contributed by atoms with E-state index in [1.54, 1.807) is 0 Å². The van der Waals surface area contributed by atoms with Crippen LogP contribution in [-0.2, 0) is 4.79 Å². The molecule has 0 radical (unpaired) electrons. The second-order valence-electron chi connectivity index (χ2n) is 5.42. The Morgan fingerprint density at radius 1 is 1.09 bits per heavy atom. The molecule has 0 aliphatic rings. The summed E-state index contributed by atoms with van der Waals surface area (Å²) in [4.78, 5) is 9.45. The number of aliphatic hydroxyl groups excluding tert-OH is 1. The molecule has 0 rings (SSSR count). The van der Waals surface area contributed by atoms with Crippen LogP contribution < -0.4 is 11.6 Å². The van der Waals surface area contributed by atoms with Gasteiger partial charge >= 0.3 is 5.97 Å². The lowest BCUT2D eigenvalue weighted by atomic mass is 10.1. The molecule has 132 valence electrons. The molecule has 7 nitrogen and oxygen atoms in total. The van der Waals surface area contributed by atoms with Crippen LogP contribution in [0, 0.1) is 5.41 Å². The van der Waals surface area contributed by atoms with Crippen LogP contribution >= 0.6 is 0 Å². The van der Waals surface area contributed by atoms with Gasteiger partial charge < -0.3 is 15.9 Å². The number of carbonyl (C=O) groups is 1. The number of hydrogen-bond donors (Lipinski definition) is 5. The first-order valence-electron chi connectivity index (χ1n) is 8.10. The van der Waals surface area contributed by atoms with Gasteiger partial charge in [-0.25, -0.2) is 10.6 Å². The molecule has 1 atom stereocenters. The predicted octanol–water partition coefficient (Wildman–Crippen LogP) is 2.04. The monoisotopic (exact) mass is 318 g/mol. The minimum atomic E-state index is -1.23. The third-order valence-corrected chi connectivity index (χ3v) is 3.17. The summed E-state index contributed by atoms with van der Waals surface area (Å²) in [6.45, 7) is 4.14. The van der Waals surface area contributed by atoms with E-state index in [4.69, 9.17) is 27.2 Å². The highest BCUT2D eigenvalue weighted by molar-refractivity contribution is 5.73. The molecule has 0 bridgehead atoms.